The lowest BCUT2D eigenvalue weighted by Gasteiger charge is -2.10. The van der Waals surface area contributed by atoms with Crippen molar-refractivity contribution in [2.75, 3.05) is 13.7 Å². The van der Waals surface area contributed by atoms with Gasteiger partial charge in [-0.3, -0.25) is 0 Å². The SMILES string of the molecule is COCCn1c(CO)nnc1-c1ccccc1C. The van der Waals surface area contributed by atoms with Gasteiger partial charge in [0.25, 0.3) is 0 Å². The second kappa shape index (κ2) is 5.75. The number of rotatable bonds is 5. The summed E-state index contributed by atoms with van der Waals surface area (Å²) in [5.74, 6) is 1.33. The Hall–Kier alpha value is -1.72. The number of hydrogen-bond acceptors (Lipinski definition) is 4. The molecule has 0 aliphatic rings. The highest BCUT2D eigenvalue weighted by atomic mass is 16.5. The number of aliphatic hydroxyl groups is 1. The van der Waals surface area contributed by atoms with E-state index >= 15 is 0 Å². The van der Waals surface area contributed by atoms with E-state index in [0.717, 1.165) is 17.0 Å². The number of aryl methyl sites for hydroxylation is 1. The van der Waals surface area contributed by atoms with Crippen LogP contribution in [0.5, 0.6) is 0 Å². The molecule has 1 heterocycles. The van der Waals surface area contributed by atoms with Gasteiger partial charge >= 0.3 is 0 Å². The minimum absolute atomic E-state index is 0.122. The quantitative estimate of drug-likeness (QED) is 0.867. The molecule has 1 N–H and O–H groups in total. The van der Waals surface area contributed by atoms with Gasteiger partial charge in [-0.25, -0.2) is 0 Å². The molecule has 0 spiro atoms. The third kappa shape index (κ3) is 2.42. The summed E-state index contributed by atoms with van der Waals surface area (Å²) in [6.07, 6.45) is 0. The van der Waals surface area contributed by atoms with Gasteiger partial charge in [-0.05, 0) is 12.5 Å². The van der Waals surface area contributed by atoms with Crippen LogP contribution in [0.2, 0.25) is 0 Å². The van der Waals surface area contributed by atoms with Gasteiger partial charge in [0.2, 0.25) is 0 Å². The fourth-order valence-electron chi connectivity index (χ4n) is 1.89. The molecule has 96 valence electrons. The fraction of sp³-hybridized carbons (Fsp3) is 0.385. The molecule has 1 aromatic carbocycles. The summed E-state index contributed by atoms with van der Waals surface area (Å²) in [4.78, 5) is 0. The van der Waals surface area contributed by atoms with E-state index in [9.17, 15) is 5.11 Å². The zero-order valence-corrected chi connectivity index (χ0v) is 10.6. The average Bonchev–Trinajstić information content (AvgIpc) is 2.79. The van der Waals surface area contributed by atoms with Crippen LogP contribution in [0.25, 0.3) is 11.4 Å². The zero-order valence-electron chi connectivity index (χ0n) is 10.6. The van der Waals surface area contributed by atoms with Gasteiger partial charge in [-0.1, -0.05) is 24.3 Å². The number of methoxy groups -OCH3 is 1. The number of benzene rings is 1. The van der Waals surface area contributed by atoms with Crippen molar-refractivity contribution in [2.45, 2.75) is 20.1 Å². The highest BCUT2D eigenvalue weighted by Gasteiger charge is 2.14. The lowest BCUT2D eigenvalue weighted by molar-refractivity contribution is 0.183. The molecule has 0 saturated heterocycles. The predicted octanol–water partition coefficient (Wildman–Crippen LogP) is 1.39. The number of nitrogens with zero attached hydrogens (tertiary/aromatic N) is 3. The Morgan fingerprint density at radius 3 is 2.72 bits per heavy atom. The first-order chi connectivity index (χ1) is 8.77. The first-order valence-corrected chi connectivity index (χ1v) is 5.85. The van der Waals surface area contributed by atoms with E-state index in [4.69, 9.17) is 4.74 Å². The summed E-state index contributed by atoms with van der Waals surface area (Å²) in [6, 6.07) is 7.99. The van der Waals surface area contributed by atoms with Gasteiger partial charge < -0.3 is 14.4 Å². The molecule has 0 saturated carbocycles. The van der Waals surface area contributed by atoms with Crippen LogP contribution in [-0.4, -0.2) is 33.6 Å². The molecule has 1 aromatic heterocycles. The van der Waals surface area contributed by atoms with Crippen molar-refractivity contribution in [1.29, 1.82) is 0 Å². The summed E-state index contributed by atoms with van der Waals surface area (Å²) in [6.45, 7) is 3.10. The van der Waals surface area contributed by atoms with E-state index in [0.29, 0.717) is 19.0 Å². The Kier molecular flexibility index (Phi) is 4.07. The van der Waals surface area contributed by atoms with Crippen molar-refractivity contribution in [3.63, 3.8) is 0 Å². The van der Waals surface area contributed by atoms with E-state index in [1.807, 2.05) is 35.8 Å². The Morgan fingerprint density at radius 1 is 1.28 bits per heavy atom. The minimum atomic E-state index is -0.122. The molecule has 0 atom stereocenters. The third-order valence-corrected chi connectivity index (χ3v) is 2.87. The molecule has 5 heteroatoms. The van der Waals surface area contributed by atoms with Crippen LogP contribution in [0.1, 0.15) is 11.4 Å². The van der Waals surface area contributed by atoms with Crippen LogP contribution in [-0.2, 0) is 17.9 Å². The molecule has 18 heavy (non-hydrogen) atoms. The molecule has 0 bridgehead atoms. The molecular formula is C13H17N3O2. The van der Waals surface area contributed by atoms with Gasteiger partial charge in [0, 0.05) is 19.2 Å². The normalized spacial score (nSPS) is 10.8. The standard InChI is InChI=1S/C13H17N3O2/c1-10-5-3-4-6-11(10)13-15-14-12(9-17)16(13)7-8-18-2/h3-6,17H,7-9H2,1-2H3. The van der Waals surface area contributed by atoms with E-state index in [2.05, 4.69) is 10.2 Å². The molecule has 0 unspecified atom stereocenters. The topological polar surface area (TPSA) is 60.2 Å². The molecule has 5 nitrogen and oxygen atoms in total. The van der Waals surface area contributed by atoms with Gasteiger partial charge in [-0.15, -0.1) is 10.2 Å². The minimum Gasteiger partial charge on any atom is -0.388 e. The van der Waals surface area contributed by atoms with Crippen LogP contribution in [0.4, 0.5) is 0 Å². The maximum Gasteiger partial charge on any atom is 0.164 e. The summed E-state index contributed by atoms with van der Waals surface area (Å²) in [7, 11) is 1.65. The molecule has 2 aromatic rings. The molecule has 0 radical (unpaired) electrons. The lowest BCUT2D eigenvalue weighted by atomic mass is 10.1. The maximum atomic E-state index is 9.28. The zero-order chi connectivity index (χ0) is 13.0. The van der Waals surface area contributed by atoms with E-state index < -0.39 is 0 Å². The molecule has 0 aliphatic heterocycles. The Bertz CT molecular complexity index is 523. The first kappa shape index (κ1) is 12.7. The summed E-state index contributed by atoms with van der Waals surface area (Å²) in [5.41, 5.74) is 2.16. The van der Waals surface area contributed by atoms with Crippen LogP contribution in [0, 0.1) is 6.92 Å². The lowest BCUT2D eigenvalue weighted by Crippen LogP contribution is -2.10. The highest BCUT2D eigenvalue weighted by molar-refractivity contribution is 5.60. The molecule has 0 amide bonds. The Morgan fingerprint density at radius 2 is 2.06 bits per heavy atom. The van der Waals surface area contributed by atoms with Crippen molar-refractivity contribution in [1.82, 2.24) is 14.8 Å². The summed E-state index contributed by atoms with van der Waals surface area (Å²) in [5, 5.41) is 17.5. The second-order valence-electron chi connectivity index (χ2n) is 4.06. The average molecular weight is 247 g/mol. The van der Waals surface area contributed by atoms with Crippen molar-refractivity contribution < 1.29 is 9.84 Å². The molecular weight excluding hydrogens is 230 g/mol. The highest BCUT2D eigenvalue weighted by Crippen LogP contribution is 2.22. The van der Waals surface area contributed by atoms with Crippen LogP contribution in [0.3, 0.4) is 0 Å². The molecule has 0 aliphatic carbocycles. The maximum absolute atomic E-state index is 9.28. The van der Waals surface area contributed by atoms with E-state index in [1.165, 1.54) is 0 Å². The van der Waals surface area contributed by atoms with Crippen LogP contribution >= 0.6 is 0 Å². The van der Waals surface area contributed by atoms with Crippen molar-refractivity contribution in [3.05, 3.63) is 35.7 Å². The number of aromatic nitrogens is 3. The number of ether oxygens (including phenoxy) is 1. The predicted molar refractivity (Wildman–Crippen MR) is 68.0 cm³/mol. The van der Waals surface area contributed by atoms with E-state index in [1.54, 1.807) is 7.11 Å². The summed E-state index contributed by atoms with van der Waals surface area (Å²) >= 11 is 0. The van der Waals surface area contributed by atoms with Gasteiger partial charge in [-0.2, -0.15) is 0 Å². The van der Waals surface area contributed by atoms with E-state index in [-0.39, 0.29) is 6.61 Å². The Labute approximate surface area is 106 Å². The van der Waals surface area contributed by atoms with Crippen molar-refractivity contribution in [3.8, 4) is 11.4 Å². The molecule has 0 fully saturated rings. The first-order valence-electron chi connectivity index (χ1n) is 5.85. The molecule has 2 rings (SSSR count). The van der Waals surface area contributed by atoms with Crippen LogP contribution < -0.4 is 0 Å². The second-order valence-corrected chi connectivity index (χ2v) is 4.06. The third-order valence-electron chi connectivity index (χ3n) is 2.87. The largest absolute Gasteiger partial charge is 0.388 e. The number of hydrogen-bond donors (Lipinski definition) is 1. The van der Waals surface area contributed by atoms with Gasteiger partial charge in [0.1, 0.15) is 6.61 Å². The van der Waals surface area contributed by atoms with Gasteiger partial charge in [0.05, 0.1) is 6.61 Å². The van der Waals surface area contributed by atoms with Crippen molar-refractivity contribution >= 4 is 0 Å². The number of aliphatic hydroxyl groups excluding tert-OH is 1. The Balaban J connectivity index is 2.44. The fourth-order valence-corrected chi connectivity index (χ4v) is 1.89. The van der Waals surface area contributed by atoms with Crippen molar-refractivity contribution in [2.24, 2.45) is 0 Å². The van der Waals surface area contributed by atoms with Crippen LogP contribution in [0.15, 0.2) is 24.3 Å². The smallest absolute Gasteiger partial charge is 0.164 e. The monoisotopic (exact) mass is 247 g/mol. The van der Waals surface area contributed by atoms with Gasteiger partial charge in [0.15, 0.2) is 11.6 Å². The summed E-state index contributed by atoms with van der Waals surface area (Å²) < 4.78 is 6.97.